The zero-order valence-electron chi connectivity index (χ0n) is 10.8. The average Bonchev–Trinajstić information content (AvgIpc) is 3.13. The van der Waals surface area contributed by atoms with E-state index in [1.165, 1.54) is 12.8 Å². The molecular formula is C14H14ClN3S2. The number of nitrogens with zero attached hydrogens (tertiary/aromatic N) is 2. The second-order valence-corrected chi connectivity index (χ2v) is 6.41. The van der Waals surface area contributed by atoms with E-state index in [2.05, 4.69) is 14.9 Å². The van der Waals surface area contributed by atoms with Crippen molar-refractivity contribution in [2.24, 2.45) is 4.99 Å². The minimum Gasteiger partial charge on any atom is -0.358 e. The number of aromatic nitrogens is 1. The van der Waals surface area contributed by atoms with Crippen LogP contribution in [0.5, 0.6) is 0 Å². The van der Waals surface area contributed by atoms with Crippen molar-refractivity contribution in [1.82, 2.24) is 9.88 Å². The first-order valence-corrected chi connectivity index (χ1v) is 8.11. The van der Waals surface area contributed by atoms with E-state index in [9.17, 15) is 0 Å². The lowest BCUT2D eigenvalue weighted by molar-refractivity contribution is 0.769. The highest BCUT2D eigenvalue weighted by molar-refractivity contribution is 7.80. The van der Waals surface area contributed by atoms with E-state index in [0.717, 1.165) is 15.4 Å². The fourth-order valence-electron chi connectivity index (χ4n) is 1.84. The molecule has 0 bridgehead atoms. The Morgan fingerprint density at radius 2 is 2.25 bits per heavy atom. The third-order valence-corrected chi connectivity index (χ3v) is 4.43. The van der Waals surface area contributed by atoms with Gasteiger partial charge in [0, 0.05) is 22.6 Å². The molecule has 3 rings (SSSR count). The van der Waals surface area contributed by atoms with Gasteiger partial charge in [-0.05, 0) is 36.7 Å². The van der Waals surface area contributed by atoms with Gasteiger partial charge in [-0.1, -0.05) is 29.8 Å². The van der Waals surface area contributed by atoms with Gasteiger partial charge in [0.1, 0.15) is 0 Å². The van der Waals surface area contributed by atoms with Gasteiger partial charge in [-0.2, -0.15) is 4.99 Å². The van der Waals surface area contributed by atoms with Gasteiger partial charge >= 0.3 is 0 Å². The molecule has 1 aliphatic carbocycles. The first-order valence-electron chi connectivity index (χ1n) is 6.45. The summed E-state index contributed by atoms with van der Waals surface area (Å²) in [6, 6.07) is 8.38. The molecule has 0 saturated heterocycles. The Balaban J connectivity index is 1.81. The Hall–Kier alpha value is -1.17. The van der Waals surface area contributed by atoms with Crippen LogP contribution in [0.25, 0.3) is 0 Å². The number of hydrogen-bond acceptors (Lipinski definition) is 2. The summed E-state index contributed by atoms with van der Waals surface area (Å²) in [5.74, 6) is 0. The number of benzene rings is 1. The quantitative estimate of drug-likeness (QED) is 0.879. The monoisotopic (exact) mass is 323 g/mol. The van der Waals surface area contributed by atoms with Crippen molar-refractivity contribution < 1.29 is 0 Å². The molecule has 2 aromatic rings. The van der Waals surface area contributed by atoms with Gasteiger partial charge in [-0.25, -0.2) is 0 Å². The minimum atomic E-state index is 0.531. The van der Waals surface area contributed by atoms with Gasteiger partial charge < -0.3 is 9.88 Å². The van der Waals surface area contributed by atoms with Crippen molar-refractivity contribution in [3.63, 3.8) is 0 Å². The maximum Gasteiger partial charge on any atom is 0.195 e. The number of rotatable bonds is 3. The van der Waals surface area contributed by atoms with Gasteiger partial charge in [-0.3, -0.25) is 0 Å². The van der Waals surface area contributed by atoms with Crippen molar-refractivity contribution in [2.75, 3.05) is 0 Å². The fourth-order valence-corrected chi connectivity index (χ4v) is 3.08. The van der Waals surface area contributed by atoms with E-state index < -0.39 is 0 Å². The lowest BCUT2D eigenvalue weighted by Crippen LogP contribution is -2.25. The number of nitrogens with one attached hydrogen (secondary N) is 1. The maximum atomic E-state index is 6.20. The molecule has 0 amide bonds. The average molecular weight is 324 g/mol. The highest BCUT2D eigenvalue weighted by Crippen LogP contribution is 2.18. The fraction of sp³-hybridized carbons (Fsp3) is 0.286. The van der Waals surface area contributed by atoms with Crippen LogP contribution >= 0.6 is 35.2 Å². The van der Waals surface area contributed by atoms with E-state index in [-0.39, 0.29) is 0 Å². The van der Waals surface area contributed by atoms with Crippen LogP contribution < -0.4 is 10.1 Å². The molecule has 1 aromatic heterocycles. The van der Waals surface area contributed by atoms with Crippen LogP contribution in [0.15, 0.2) is 40.8 Å². The Morgan fingerprint density at radius 1 is 1.45 bits per heavy atom. The molecule has 104 valence electrons. The molecule has 3 nitrogen and oxygen atoms in total. The SMILES string of the molecule is S=C(/N=c1\sccn1Cc1ccccc1Cl)NC1CC1. The summed E-state index contributed by atoms with van der Waals surface area (Å²) in [4.78, 5) is 5.38. The number of hydrogen-bond donors (Lipinski definition) is 1. The molecule has 1 N–H and O–H groups in total. The van der Waals surface area contributed by atoms with E-state index in [0.29, 0.717) is 17.7 Å². The van der Waals surface area contributed by atoms with Gasteiger partial charge in [0.05, 0.1) is 6.54 Å². The van der Waals surface area contributed by atoms with Crippen LogP contribution in [0.3, 0.4) is 0 Å². The third kappa shape index (κ3) is 3.48. The molecule has 1 aromatic carbocycles. The molecule has 20 heavy (non-hydrogen) atoms. The molecule has 0 radical (unpaired) electrons. The molecule has 1 fully saturated rings. The van der Waals surface area contributed by atoms with E-state index >= 15 is 0 Å². The normalized spacial score (nSPS) is 15.3. The van der Waals surface area contributed by atoms with Gasteiger partial charge in [0.15, 0.2) is 9.91 Å². The van der Waals surface area contributed by atoms with Gasteiger partial charge in [0.25, 0.3) is 0 Å². The highest BCUT2D eigenvalue weighted by Gasteiger charge is 2.21. The summed E-state index contributed by atoms with van der Waals surface area (Å²) in [5, 5.41) is 6.58. The number of thiazole rings is 1. The summed E-state index contributed by atoms with van der Waals surface area (Å²) in [5.41, 5.74) is 1.08. The van der Waals surface area contributed by atoms with Crippen molar-refractivity contribution in [3.05, 3.63) is 51.2 Å². The molecule has 1 aliphatic rings. The first kappa shape index (κ1) is 13.8. The second-order valence-electron chi connectivity index (χ2n) is 4.74. The molecule has 1 heterocycles. The molecular weight excluding hydrogens is 310 g/mol. The molecule has 0 atom stereocenters. The van der Waals surface area contributed by atoms with Crippen molar-refractivity contribution in [3.8, 4) is 0 Å². The van der Waals surface area contributed by atoms with Crippen molar-refractivity contribution in [2.45, 2.75) is 25.4 Å². The molecule has 0 unspecified atom stereocenters. The summed E-state index contributed by atoms with van der Waals surface area (Å²) in [6.07, 6.45) is 4.39. The molecule has 1 saturated carbocycles. The topological polar surface area (TPSA) is 29.3 Å². The highest BCUT2D eigenvalue weighted by atomic mass is 35.5. The van der Waals surface area contributed by atoms with Gasteiger partial charge in [0.2, 0.25) is 0 Å². The summed E-state index contributed by atoms with van der Waals surface area (Å²) < 4.78 is 2.06. The second kappa shape index (κ2) is 6.08. The van der Waals surface area contributed by atoms with Crippen molar-refractivity contribution in [1.29, 1.82) is 0 Å². The van der Waals surface area contributed by atoms with E-state index in [1.54, 1.807) is 11.3 Å². The predicted molar refractivity (Wildman–Crippen MR) is 87.2 cm³/mol. The third-order valence-electron chi connectivity index (χ3n) is 3.06. The first-order chi connectivity index (χ1) is 9.72. The zero-order chi connectivity index (χ0) is 13.9. The van der Waals surface area contributed by atoms with E-state index in [4.69, 9.17) is 23.8 Å². The van der Waals surface area contributed by atoms with Crippen LogP contribution in [0, 0.1) is 0 Å². The van der Waals surface area contributed by atoms with Crippen molar-refractivity contribution >= 4 is 40.3 Å². The van der Waals surface area contributed by atoms with Crippen LogP contribution in [0.2, 0.25) is 5.02 Å². The van der Waals surface area contributed by atoms with E-state index in [1.807, 2.05) is 35.8 Å². The lowest BCUT2D eigenvalue weighted by atomic mass is 10.2. The predicted octanol–water partition coefficient (Wildman–Crippen LogP) is 3.19. The van der Waals surface area contributed by atoms with Crippen LogP contribution in [0.1, 0.15) is 18.4 Å². The Labute approximate surface area is 131 Å². The zero-order valence-corrected chi connectivity index (χ0v) is 13.1. The summed E-state index contributed by atoms with van der Waals surface area (Å²) >= 11 is 13.0. The lowest BCUT2D eigenvalue weighted by Gasteiger charge is -2.06. The molecule has 6 heteroatoms. The maximum absolute atomic E-state index is 6.20. The smallest absolute Gasteiger partial charge is 0.195 e. The largest absolute Gasteiger partial charge is 0.358 e. The standard InChI is InChI=1S/C14H14ClN3S2/c15-12-4-2-1-3-10(12)9-18-7-8-20-14(18)17-13(19)16-11-5-6-11/h1-4,7-8,11H,5-6,9H2,(H,16,19)/b17-14-. The van der Waals surface area contributed by atoms with Gasteiger partial charge in [-0.15, -0.1) is 11.3 Å². The summed E-state index contributed by atoms with van der Waals surface area (Å²) in [7, 11) is 0. The van der Waals surface area contributed by atoms with Crippen LogP contribution in [-0.2, 0) is 6.54 Å². The Kier molecular flexibility index (Phi) is 4.19. The Morgan fingerprint density at radius 3 is 3.00 bits per heavy atom. The Bertz CT molecular complexity index is 685. The molecule has 0 aliphatic heterocycles. The van der Waals surface area contributed by atoms with Crippen LogP contribution in [0.4, 0.5) is 0 Å². The van der Waals surface area contributed by atoms with Crippen LogP contribution in [-0.4, -0.2) is 15.7 Å². The summed E-state index contributed by atoms with van der Waals surface area (Å²) in [6.45, 7) is 0.702. The minimum absolute atomic E-state index is 0.531. The molecule has 0 spiro atoms. The number of thiocarbonyl (C=S) groups is 1. The number of halogens is 1.